The lowest BCUT2D eigenvalue weighted by molar-refractivity contribution is -0.162. The highest BCUT2D eigenvalue weighted by Gasteiger charge is 2.54. The fraction of sp³-hybridized carbons (Fsp3) is 0.182. The van der Waals surface area contributed by atoms with Crippen LogP contribution in [0.15, 0.2) is 115 Å². The molecule has 4 aromatic rings. The van der Waals surface area contributed by atoms with Gasteiger partial charge in [-0.05, 0) is 33.6 Å². The van der Waals surface area contributed by atoms with Gasteiger partial charge in [-0.25, -0.2) is 4.79 Å². The van der Waals surface area contributed by atoms with Crippen molar-refractivity contribution in [1.82, 2.24) is 0 Å². The smallest absolute Gasteiger partial charge is 0.354 e. The van der Waals surface area contributed by atoms with Crippen molar-refractivity contribution < 1.29 is 14.3 Å². The summed E-state index contributed by atoms with van der Waals surface area (Å²) in [5.41, 5.74) is 4.42. The molecule has 0 aromatic heterocycles. The van der Waals surface area contributed by atoms with Crippen LogP contribution in [0, 0.1) is 18.4 Å². The van der Waals surface area contributed by atoms with Crippen LogP contribution in [0.2, 0.25) is 0 Å². The lowest BCUT2D eigenvalue weighted by atomic mass is 9.93. The van der Waals surface area contributed by atoms with E-state index in [-0.39, 0.29) is 0 Å². The second-order valence-corrected chi connectivity index (χ2v) is 13.4. The molecule has 4 aromatic carbocycles. The second-order valence-electron chi connectivity index (χ2n) is 9.92. The van der Waals surface area contributed by atoms with Gasteiger partial charge in [-0.2, -0.15) is 0 Å². The number of rotatable bonds is 5. The number of ether oxygens (including phenoxy) is 2. The zero-order chi connectivity index (χ0) is 25.9. The third-order valence-electron chi connectivity index (χ3n) is 6.86. The lowest BCUT2D eigenvalue weighted by Crippen LogP contribution is -2.66. The Labute approximate surface area is 220 Å². The minimum absolute atomic E-state index is 0.317. The standard InChI is InChI=1S/C33H30O3Si/c1-26-15-13-14-16-27(26)25-33(31(34)35-32(2,3)36-33)23-24-37(28-17-7-4-8-18-28,29-19-9-5-10-20-29)30-21-11-6-12-22-30/h4-22H,25H2,1-3H3/t33-/m0/s1. The molecule has 1 atom stereocenters. The first-order chi connectivity index (χ1) is 17.8. The van der Waals surface area contributed by atoms with E-state index in [1.54, 1.807) is 13.8 Å². The molecule has 184 valence electrons. The van der Waals surface area contributed by atoms with E-state index in [0.29, 0.717) is 6.42 Å². The molecule has 1 fully saturated rings. The largest absolute Gasteiger partial charge is 0.431 e. The summed E-state index contributed by atoms with van der Waals surface area (Å²) in [6.45, 7) is 5.57. The number of hydrogen-bond acceptors (Lipinski definition) is 3. The molecule has 1 saturated heterocycles. The molecule has 0 bridgehead atoms. The van der Waals surface area contributed by atoms with Gasteiger partial charge in [0.05, 0.1) is 0 Å². The van der Waals surface area contributed by atoms with Crippen molar-refractivity contribution in [3.63, 3.8) is 0 Å². The Morgan fingerprint density at radius 2 is 1.16 bits per heavy atom. The third kappa shape index (κ3) is 4.76. The molecule has 1 heterocycles. The van der Waals surface area contributed by atoms with Gasteiger partial charge in [-0.1, -0.05) is 121 Å². The summed E-state index contributed by atoms with van der Waals surface area (Å²) in [6, 6.07) is 39.3. The molecule has 0 radical (unpaired) electrons. The Balaban J connectivity index is 1.78. The number of benzene rings is 4. The monoisotopic (exact) mass is 502 g/mol. The number of hydrogen-bond donors (Lipinski definition) is 0. The van der Waals surface area contributed by atoms with E-state index >= 15 is 0 Å². The van der Waals surface area contributed by atoms with Crippen LogP contribution in [0.4, 0.5) is 0 Å². The number of esters is 1. The Bertz CT molecular complexity index is 1360. The van der Waals surface area contributed by atoms with Crippen LogP contribution in [0.25, 0.3) is 0 Å². The molecule has 37 heavy (non-hydrogen) atoms. The maximum absolute atomic E-state index is 13.5. The fourth-order valence-corrected chi connectivity index (χ4v) is 8.97. The second kappa shape index (κ2) is 9.86. The maximum atomic E-state index is 13.5. The molecule has 1 aliphatic rings. The Kier molecular flexibility index (Phi) is 6.60. The van der Waals surface area contributed by atoms with Crippen molar-refractivity contribution in [1.29, 1.82) is 0 Å². The molecule has 1 aliphatic heterocycles. The van der Waals surface area contributed by atoms with E-state index in [1.165, 1.54) is 0 Å². The summed E-state index contributed by atoms with van der Waals surface area (Å²) in [6.07, 6.45) is 0.317. The van der Waals surface area contributed by atoms with Crippen molar-refractivity contribution in [3.8, 4) is 11.5 Å². The van der Waals surface area contributed by atoms with Crippen molar-refractivity contribution in [2.24, 2.45) is 0 Å². The average molecular weight is 503 g/mol. The van der Waals surface area contributed by atoms with Gasteiger partial charge in [0.2, 0.25) is 19.5 Å². The van der Waals surface area contributed by atoms with Crippen LogP contribution in [-0.2, 0) is 20.7 Å². The minimum atomic E-state index is -2.89. The molecular formula is C33H30O3Si. The normalized spacial score (nSPS) is 18.5. The van der Waals surface area contributed by atoms with Crippen molar-refractivity contribution >= 4 is 29.6 Å². The van der Waals surface area contributed by atoms with E-state index < -0.39 is 25.4 Å². The first-order valence-corrected chi connectivity index (χ1v) is 14.5. The summed E-state index contributed by atoms with van der Waals surface area (Å²) in [5.74, 6) is 1.92. The Morgan fingerprint density at radius 1 is 0.703 bits per heavy atom. The van der Waals surface area contributed by atoms with E-state index in [9.17, 15) is 4.79 Å². The minimum Gasteiger partial charge on any atom is -0.431 e. The van der Waals surface area contributed by atoms with Crippen molar-refractivity contribution in [3.05, 3.63) is 126 Å². The van der Waals surface area contributed by atoms with Crippen molar-refractivity contribution in [2.75, 3.05) is 0 Å². The molecule has 0 amide bonds. The van der Waals surface area contributed by atoms with Crippen LogP contribution in [-0.4, -0.2) is 25.4 Å². The molecule has 5 rings (SSSR count). The van der Waals surface area contributed by atoms with Gasteiger partial charge in [0.15, 0.2) is 0 Å². The number of aryl methyl sites for hydroxylation is 1. The summed E-state index contributed by atoms with van der Waals surface area (Å²) in [7, 11) is -2.89. The molecular weight excluding hydrogens is 472 g/mol. The van der Waals surface area contributed by atoms with E-state index in [4.69, 9.17) is 9.47 Å². The summed E-state index contributed by atoms with van der Waals surface area (Å²) >= 11 is 0. The van der Waals surface area contributed by atoms with Crippen LogP contribution < -0.4 is 15.6 Å². The maximum Gasteiger partial charge on any atom is 0.354 e. The van der Waals surface area contributed by atoms with Crippen molar-refractivity contribution in [2.45, 2.75) is 38.6 Å². The van der Waals surface area contributed by atoms with Gasteiger partial charge in [-0.15, -0.1) is 5.54 Å². The molecule has 0 unspecified atom stereocenters. The predicted octanol–water partition coefficient (Wildman–Crippen LogP) is 4.30. The van der Waals surface area contributed by atoms with Gasteiger partial charge in [0, 0.05) is 20.3 Å². The highest BCUT2D eigenvalue weighted by molar-refractivity contribution is 7.16. The van der Waals surface area contributed by atoms with Gasteiger partial charge >= 0.3 is 5.97 Å². The van der Waals surface area contributed by atoms with Gasteiger partial charge < -0.3 is 9.47 Å². The predicted molar refractivity (Wildman–Crippen MR) is 151 cm³/mol. The zero-order valence-electron chi connectivity index (χ0n) is 21.4. The highest BCUT2D eigenvalue weighted by atomic mass is 28.3. The SMILES string of the molecule is Cc1ccccc1C[C@]1(C#C[Si](c2ccccc2)(c2ccccc2)c2ccccc2)OC(C)(C)OC1=O. The third-order valence-corrected chi connectivity index (χ3v) is 11.0. The summed E-state index contributed by atoms with van der Waals surface area (Å²) in [5, 5.41) is 3.45. The Hall–Kier alpha value is -3.91. The van der Waals surface area contributed by atoms with E-state index in [1.807, 2.05) is 49.4 Å². The van der Waals surface area contributed by atoms with E-state index in [0.717, 1.165) is 26.7 Å². The highest BCUT2D eigenvalue weighted by Crippen LogP contribution is 2.35. The number of carbonyl (C=O) groups excluding carboxylic acids is 1. The van der Waals surface area contributed by atoms with Gasteiger partial charge in [-0.3, -0.25) is 0 Å². The lowest BCUT2D eigenvalue weighted by Gasteiger charge is -2.29. The van der Waals surface area contributed by atoms with Gasteiger partial charge in [0.1, 0.15) is 0 Å². The summed E-state index contributed by atoms with van der Waals surface area (Å²) in [4.78, 5) is 13.5. The van der Waals surface area contributed by atoms with Crippen LogP contribution in [0.3, 0.4) is 0 Å². The van der Waals surface area contributed by atoms with Crippen LogP contribution in [0.1, 0.15) is 25.0 Å². The molecule has 3 nitrogen and oxygen atoms in total. The summed E-state index contributed by atoms with van der Waals surface area (Å²) < 4.78 is 12.1. The molecule has 0 N–H and O–H groups in total. The first kappa shape index (κ1) is 24.8. The van der Waals surface area contributed by atoms with Crippen LogP contribution in [0.5, 0.6) is 0 Å². The molecule has 4 heteroatoms. The molecule has 0 aliphatic carbocycles. The topological polar surface area (TPSA) is 35.5 Å². The molecule has 0 spiro atoms. The first-order valence-electron chi connectivity index (χ1n) is 12.5. The van der Waals surface area contributed by atoms with Crippen LogP contribution >= 0.6 is 0 Å². The number of carbonyl (C=O) groups is 1. The van der Waals surface area contributed by atoms with Gasteiger partial charge in [0.25, 0.3) is 0 Å². The fourth-order valence-electron chi connectivity index (χ4n) is 5.07. The zero-order valence-corrected chi connectivity index (χ0v) is 22.4. The number of cyclic esters (lactones) is 1. The average Bonchev–Trinajstić information content (AvgIpc) is 3.15. The quantitative estimate of drug-likeness (QED) is 0.177. The Morgan fingerprint density at radius 3 is 1.59 bits per heavy atom. The van der Waals surface area contributed by atoms with E-state index in [2.05, 4.69) is 84.3 Å². The molecule has 0 saturated carbocycles.